The van der Waals surface area contributed by atoms with Crippen LogP contribution in [0.2, 0.25) is 0 Å². The lowest BCUT2D eigenvalue weighted by Crippen LogP contribution is -2.39. The van der Waals surface area contributed by atoms with Crippen LogP contribution in [0.1, 0.15) is 37.0 Å². The fraction of sp³-hybridized carbons (Fsp3) is 0.417. The molecule has 0 aliphatic carbocycles. The molecule has 4 rings (SSSR count). The van der Waals surface area contributed by atoms with Crippen molar-refractivity contribution in [3.63, 3.8) is 0 Å². The summed E-state index contributed by atoms with van der Waals surface area (Å²) in [5.41, 5.74) is 1.23. The standard InChI is InChI=1S/C24H29N3O5S2/c1-5-27-19-13-20(31-3)21(32-4)14-22(19)33-24(27)25-23(28)17-8-10-18(11-9-17)34(29,30)26-12-6-7-16(2)15-26/h8-11,13-14,16H,5-7,12,15H2,1-4H3. The van der Waals surface area contributed by atoms with Crippen molar-refractivity contribution in [1.82, 2.24) is 8.87 Å². The van der Waals surface area contributed by atoms with Gasteiger partial charge in [-0.15, -0.1) is 0 Å². The number of sulfonamides is 1. The molecule has 3 aromatic rings. The number of carbonyl (C=O) groups is 1. The lowest BCUT2D eigenvalue weighted by atomic mass is 10.0. The predicted octanol–water partition coefficient (Wildman–Crippen LogP) is 3.90. The van der Waals surface area contributed by atoms with Crippen LogP contribution in [-0.4, -0.2) is 50.5 Å². The lowest BCUT2D eigenvalue weighted by molar-refractivity contribution is 0.0997. The first-order chi connectivity index (χ1) is 16.3. The summed E-state index contributed by atoms with van der Waals surface area (Å²) < 4.78 is 41.2. The van der Waals surface area contributed by atoms with Gasteiger partial charge in [0.25, 0.3) is 5.91 Å². The molecule has 1 aromatic heterocycles. The van der Waals surface area contributed by atoms with Gasteiger partial charge in [-0.2, -0.15) is 9.30 Å². The van der Waals surface area contributed by atoms with Gasteiger partial charge in [0.1, 0.15) is 0 Å². The monoisotopic (exact) mass is 503 g/mol. The van der Waals surface area contributed by atoms with E-state index in [0.29, 0.717) is 47.4 Å². The molecule has 0 radical (unpaired) electrons. The van der Waals surface area contributed by atoms with E-state index in [2.05, 4.69) is 11.9 Å². The highest BCUT2D eigenvalue weighted by atomic mass is 32.2. The van der Waals surface area contributed by atoms with Crippen LogP contribution in [0.5, 0.6) is 11.5 Å². The Morgan fingerprint density at radius 1 is 1.15 bits per heavy atom. The van der Waals surface area contributed by atoms with E-state index in [1.807, 2.05) is 23.6 Å². The number of amides is 1. The molecular weight excluding hydrogens is 474 g/mol. The van der Waals surface area contributed by atoms with E-state index in [-0.39, 0.29) is 4.90 Å². The molecule has 34 heavy (non-hydrogen) atoms. The minimum Gasteiger partial charge on any atom is -0.493 e. The van der Waals surface area contributed by atoms with Crippen LogP contribution in [0.3, 0.4) is 0 Å². The number of aromatic nitrogens is 1. The highest BCUT2D eigenvalue weighted by molar-refractivity contribution is 7.89. The summed E-state index contributed by atoms with van der Waals surface area (Å²) in [7, 11) is -0.413. The molecule has 1 atom stereocenters. The van der Waals surface area contributed by atoms with Crippen molar-refractivity contribution >= 4 is 37.5 Å². The van der Waals surface area contributed by atoms with Crippen molar-refractivity contribution in [3.05, 3.63) is 46.8 Å². The number of ether oxygens (including phenoxy) is 2. The van der Waals surface area contributed by atoms with E-state index in [4.69, 9.17) is 9.47 Å². The van der Waals surface area contributed by atoms with Gasteiger partial charge in [0.2, 0.25) is 10.0 Å². The third-order valence-electron chi connectivity index (χ3n) is 6.06. The van der Waals surface area contributed by atoms with Crippen LogP contribution in [0.15, 0.2) is 46.3 Å². The van der Waals surface area contributed by atoms with Gasteiger partial charge in [-0.25, -0.2) is 8.42 Å². The van der Waals surface area contributed by atoms with Crippen molar-refractivity contribution < 1.29 is 22.7 Å². The summed E-state index contributed by atoms with van der Waals surface area (Å²) in [4.78, 5) is 18.0. The van der Waals surface area contributed by atoms with Crippen LogP contribution in [0, 0.1) is 5.92 Å². The Hall–Kier alpha value is -2.69. The molecule has 1 aliphatic heterocycles. The second kappa shape index (κ2) is 9.89. The van der Waals surface area contributed by atoms with E-state index >= 15 is 0 Å². The molecule has 0 N–H and O–H groups in total. The molecule has 0 spiro atoms. The van der Waals surface area contributed by atoms with Gasteiger partial charge in [-0.1, -0.05) is 18.3 Å². The number of rotatable bonds is 6. The molecule has 1 unspecified atom stereocenters. The van der Waals surface area contributed by atoms with Gasteiger partial charge in [0, 0.05) is 37.3 Å². The summed E-state index contributed by atoms with van der Waals surface area (Å²) >= 11 is 1.38. The maximum Gasteiger partial charge on any atom is 0.279 e. The Morgan fingerprint density at radius 3 is 2.44 bits per heavy atom. The van der Waals surface area contributed by atoms with E-state index in [1.165, 1.54) is 39.9 Å². The number of piperidine rings is 1. The zero-order valence-electron chi connectivity index (χ0n) is 19.8. The van der Waals surface area contributed by atoms with Gasteiger partial charge in [0.05, 0.1) is 29.3 Å². The van der Waals surface area contributed by atoms with Crippen LogP contribution in [0.25, 0.3) is 10.2 Å². The molecular formula is C24H29N3O5S2. The second-order valence-electron chi connectivity index (χ2n) is 8.36. The molecule has 1 fully saturated rings. The van der Waals surface area contributed by atoms with Gasteiger partial charge < -0.3 is 14.0 Å². The molecule has 182 valence electrons. The normalized spacial score (nSPS) is 17.8. The van der Waals surface area contributed by atoms with Crippen LogP contribution < -0.4 is 14.3 Å². The van der Waals surface area contributed by atoms with Crippen molar-refractivity contribution in [2.24, 2.45) is 10.9 Å². The molecule has 1 aliphatic rings. The highest BCUT2D eigenvalue weighted by Gasteiger charge is 2.28. The van der Waals surface area contributed by atoms with Crippen LogP contribution in [-0.2, 0) is 16.6 Å². The summed E-state index contributed by atoms with van der Waals surface area (Å²) in [5.74, 6) is 1.13. The third-order valence-corrected chi connectivity index (χ3v) is 8.98. The number of hydrogen-bond acceptors (Lipinski definition) is 6. The van der Waals surface area contributed by atoms with Gasteiger partial charge in [-0.05, 0) is 49.9 Å². The molecule has 0 bridgehead atoms. The highest BCUT2D eigenvalue weighted by Crippen LogP contribution is 2.33. The largest absolute Gasteiger partial charge is 0.493 e. The fourth-order valence-corrected chi connectivity index (χ4v) is 6.92. The smallest absolute Gasteiger partial charge is 0.279 e. The first-order valence-electron chi connectivity index (χ1n) is 11.2. The predicted molar refractivity (Wildman–Crippen MR) is 132 cm³/mol. The Morgan fingerprint density at radius 2 is 1.82 bits per heavy atom. The average molecular weight is 504 g/mol. The van der Waals surface area contributed by atoms with Crippen molar-refractivity contribution in [3.8, 4) is 11.5 Å². The minimum absolute atomic E-state index is 0.197. The Bertz CT molecular complexity index is 1370. The van der Waals surface area contributed by atoms with Crippen LogP contribution >= 0.6 is 11.3 Å². The number of nitrogens with zero attached hydrogens (tertiary/aromatic N) is 3. The molecule has 2 aromatic carbocycles. The number of methoxy groups -OCH3 is 2. The maximum absolute atomic E-state index is 13.0. The van der Waals surface area contributed by atoms with E-state index in [9.17, 15) is 13.2 Å². The van der Waals surface area contributed by atoms with Gasteiger partial charge in [0.15, 0.2) is 16.3 Å². The minimum atomic E-state index is -3.57. The molecule has 2 heterocycles. The number of aryl methyl sites for hydroxylation is 1. The summed E-state index contributed by atoms with van der Waals surface area (Å²) in [6, 6.07) is 9.79. The van der Waals surface area contributed by atoms with E-state index < -0.39 is 15.9 Å². The number of fused-ring (bicyclic) bond motifs is 1. The fourth-order valence-electron chi connectivity index (χ4n) is 4.22. The molecule has 8 nitrogen and oxygen atoms in total. The molecule has 1 saturated heterocycles. The quantitative estimate of drug-likeness (QED) is 0.509. The van der Waals surface area contributed by atoms with Crippen molar-refractivity contribution in [1.29, 1.82) is 0 Å². The second-order valence-corrected chi connectivity index (χ2v) is 11.3. The summed E-state index contributed by atoms with van der Waals surface area (Å²) in [6.45, 7) is 5.71. The first kappa shape index (κ1) is 24.4. The van der Waals surface area contributed by atoms with Crippen molar-refractivity contribution in [2.75, 3.05) is 27.3 Å². The third kappa shape index (κ3) is 4.62. The van der Waals surface area contributed by atoms with Crippen molar-refractivity contribution in [2.45, 2.75) is 38.1 Å². The molecule has 0 saturated carbocycles. The average Bonchev–Trinajstić information content (AvgIpc) is 3.18. The first-order valence-corrected chi connectivity index (χ1v) is 13.5. The molecule has 10 heteroatoms. The van der Waals surface area contributed by atoms with Crippen LogP contribution in [0.4, 0.5) is 0 Å². The number of carbonyl (C=O) groups excluding carboxylic acids is 1. The Balaban J connectivity index is 1.65. The number of benzene rings is 2. The number of thiazole rings is 1. The molecule has 1 amide bonds. The van der Waals surface area contributed by atoms with Gasteiger partial charge >= 0.3 is 0 Å². The zero-order valence-corrected chi connectivity index (χ0v) is 21.4. The lowest BCUT2D eigenvalue weighted by Gasteiger charge is -2.30. The Labute approximate surface area is 203 Å². The number of hydrogen-bond donors (Lipinski definition) is 0. The zero-order chi connectivity index (χ0) is 24.5. The maximum atomic E-state index is 13.0. The SMILES string of the molecule is CCn1c(=NC(=O)c2ccc(S(=O)(=O)N3CCCC(C)C3)cc2)sc2cc(OC)c(OC)cc21. The Kier molecular flexibility index (Phi) is 7.11. The summed E-state index contributed by atoms with van der Waals surface area (Å²) in [5, 5.41) is 0. The van der Waals surface area contributed by atoms with Gasteiger partial charge in [-0.3, -0.25) is 4.79 Å². The van der Waals surface area contributed by atoms with E-state index in [0.717, 1.165) is 23.1 Å². The summed E-state index contributed by atoms with van der Waals surface area (Å²) in [6.07, 6.45) is 1.90. The van der Waals surface area contributed by atoms with E-state index in [1.54, 1.807) is 14.2 Å². The topological polar surface area (TPSA) is 90.2 Å².